The predicted octanol–water partition coefficient (Wildman–Crippen LogP) is 4.33. The number of hydrogen-bond acceptors (Lipinski definition) is 6. The Morgan fingerprint density at radius 2 is 1.96 bits per heavy atom. The van der Waals surface area contributed by atoms with Crippen LogP contribution >= 0.6 is 22.9 Å². The molecule has 142 valence electrons. The fourth-order valence-electron chi connectivity index (χ4n) is 4.26. The number of likely N-dealkylation sites (tertiary alicyclic amines) is 1. The molecule has 2 aliphatic heterocycles. The van der Waals surface area contributed by atoms with Gasteiger partial charge in [0.25, 0.3) is 0 Å². The lowest BCUT2D eigenvalue weighted by Crippen LogP contribution is -2.44. The highest BCUT2D eigenvalue weighted by Crippen LogP contribution is 2.36. The number of nitrogens with zero attached hydrogens (tertiary/aromatic N) is 4. The van der Waals surface area contributed by atoms with Crippen molar-refractivity contribution >= 4 is 39.0 Å². The van der Waals surface area contributed by atoms with E-state index < -0.39 is 0 Å². The number of fused-ring (bicyclic) bond motifs is 1. The van der Waals surface area contributed by atoms with Crippen LogP contribution in [-0.2, 0) is 11.3 Å². The minimum absolute atomic E-state index is 0.297. The average Bonchev–Trinajstić information content (AvgIpc) is 3.01. The molecule has 0 aromatic carbocycles. The van der Waals surface area contributed by atoms with Crippen LogP contribution in [0.15, 0.2) is 5.38 Å². The molecule has 0 bridgehead atoms. The zero-order chi connectivity index (χ0) is 18.3. The van der Waals surface area contributed by atoms with E-state index in [1.807, 2.05) is 0 Å². The third-order valence-corrected chi connectivity index (χ3v) is 7.00. The molecule has 4 rings (SSSR count). The Kier molecular flexibility index (Phi) is 5.37. The molecular weight excluding hydrogens is 368 g/mol. The van der Waals surface area contributed by atoms with Crippen molar-refractivity contribution < 1.29 is 4.74 Å². The van der Waals surface area contributed by atoms with Crippen LogP contribution in [0, 0.1) is 0 Å². The van der Waals surface area contributed by atoms with Gasteiger partial charge in [-0.25, -0.2) is 4.98 Å². The van der Waals surface area contributed by atoms with Crippen molar-refractivity contribution in [3.05, 3.63) is 16.2 Å². The fraction of sp³-hybridized carbons (Fsp3) is 0.684. The summed E-state index contributed by atoms with van der Waals surface area (Å²) in [4.78, 5) is 14.1. The number of morpholine rings is 1. The molecule has 0 amide bonds. The standard InChI is InChI=1S/C19H27ClN4OS/c1-12-5-4-6-13(2)24(12)9-15-11-26-17-16(15)21-19(20)22-18(17)23-7-8-25-10-14(23)3/h11-14H,4-10H2,1-3H3/t12-,13+,14?. The summed E-state index contributed by atoms with van der Waals surface area (Å²) in [5.74, 6) is 0.965. The van der Waals surface area contributed by atoms with Gasteiger partial charge in [0.1, 0.15) is 0 Å². The van der Waals surface area contributed by atoms with Gasteiger partial charge in [-0.05, 0) is 50.6 Å². The quantitative estimate of drug-likeness (QED) is 0.724. The molecule has 2 fully saturated rings. The van der Waals surface area contributed by atoms with Gasteiger partial charge < -0.3 is 9.64 Å². The molecule has 0 N–H and O–H groups in total. The molecular formula is C19H27ClN4OS. The second-order valence-corrected chi connectivity index (χ2v) is 8.89. The normalized spacial score (nSPS) is 28.0. The number of hydrogen-bond donors (Lipinski definition) is 0. The maximum atomic E-state index is 6.33. The Morgan fingerprint density at radius 1 is 1.19 bits per heavy atom. The lowest BCUT2D eigenvalue weighted by molar-refractivity contribution is 0.0958. The van der Waals surface area contributed by atoms with Gasteiger partial charge in [-0.1, -0.05) is 6.42 Å². The van der Waals surface area contributed by atoms with Crippen LogP contribution in [0.5, 0.6) is 0 Å². The van der Waals surface area contributed by atoms with Crippen molar-refractivity contribution in [1.82, 2.24) is 14.9 Å². The molecule has 7 heteroatoms. The first-order valence-corrected chi connectivity index (χ1v) is 10.8. The second kappa shape index (κ2) is 7.58. The van der Waals surface area contributed by atoms with Crippen molar-refractivity contribution in [2.75, 3.05) is 24.7 Å². The molecule has 0 aliphatic carbocycles. The van der Waals surface area contributed by atoms with E-state index in [4.69, 9.17) is 16.3 Å². The maximum absolute atomic E-state index is 6.33. The third-order valence-electron chi connectivity index (χ3n) is 5.81. The van der Waals surface area contributed by atoms with Crippen LogP contribution in [0.25, 0.3) is 10.2 Å². The molecule has 2 aromatic rings. The van der Waals surface area contributed by atoms with Gasteiger partial charge in [0.05, 0.1) is 29.5 Å². The summed E-state index contributed by atoms with van der Waals surface area (Å²) >= 11 is 8.07. The zero-order valence-corrected chi connectivity index (χ0v) is 17.3. The second-order valence-electron chi connectivity index (χ2n) is 7.67. The minimum Gasteiger partial charge on any atom is -0.377 e. The summed E-state index contributed by atoms with van der Waals surface area (Å²) < 4.78 is 6.73. The minimum atomic E-state index is 0.297. The summed E-state index contributed by atoms with van der Waals surface area (Å²) in [5.41, 5.74) is 2.30. The fourth-order valence-corrected chi connectivity index (χ4v) is 5.42. The topological polar surface area (TPSA) is 41.5 Å². The molecule has 0 radical (unpaired) electrons. The van der Waals surface area contributed by atoms with Crippen molar-refractivity contribution in [3.63, 3.8) is 0 Å². The van der Waals surface area contributed by atoms with E-state index in [-0.39, 0.29) is 0 Å². The summed E-state index contributed by atoms with van der Waals surface area (Å²) in [6.07, 6.45) is 3.88. The molecule has 2 aromatic heterocycles. The number of aromatic nitrogens is 2. The van der Waals surface area contributed by atoms with Crippen molar-refractivity contribution in [3.8, 4) is 0 Å². The third kappa shape index (κ3) is 3.44. The molecule has 2 aliphatic rings. The molecule has 0 spiro atoms. The first kappa shape index (κ1) is 18.4. The number of piperidine rings is 1. The number of ether oxygens (including phenoxy) is 1. The van der Waals surface area contributed by atoms with Gasteiger partial charge in [-0.3, -0.25) is 4.90 Å². The van der Waals surface area contributed by atoms with Gasteiger partial charge in [-0.15, -0.1) is 11.3 Å². The van der Waals surface area contributed by atoms with E-state index in [0.717, 1.165) is 42.3 Å². The molecule has 5 nitrogen and oxygen atoms in total. The van der Waals surface area contributed by atoms with Gasteiger partial charge in [0, 0.05) is 30.7 Å². The smallest absolute Gasteiger partial charge is 0.224 e. The van der Waals surface area contributed by atoms with Gasteiger partial charge >= 0.3 is 0 Å². The summed E-state index contributed by atoms with van der Waals surface area (Å²) in [6, 6.07) is 1.53. The largest absolute Gasteiger partial charge is 0.377 e. The average molecular weight is 395 g/mol. The number of thiophene rings is 1. The van der Waals surface area contributed by atoms with Crippen molar-refractivity contribution in [2.45, 2.75) is 64.7 Å². The Balaban J connectivity index is 1.69. The van der Waals surface area contributed by atoms with Crippen molar-refractivity contribution in [2.24, 2.45) is 0 Å². The molecule has 1 unspecified atom stereocenters. The SMILES string of the molecule is CC1COCCN1c1nc(Cl)nc2c(CN3[C@H](C)CCC[C@@H]3C)csc12. The van der Waals surface area contributed by atoms with E-state index in [1.165, 1.54) is 24.8 Å². The lowest BCUT2D eigenvalue weighted by atomic mass is 9.97. The Morgan fingerprint density at radius 3 is 2.69 bits per heavy atom. The van der Waals surface area contributed by atoms with Crippen LogP contribution in [0.1, 0.15) is 45.6 Å². The first-order valence-electron chi connectivity index (χ1n) is 9.58. The summed E-state index contributed by atoms with van der Waals surface area (Å²) in [6.45, 7) is 10.1. The van der Waals surface area contributed by atoms with Crippen LogP contribution in [-0.4, -0.2) is 52.8 Å². The first-order chi connectivity index (χ1) is 12.5. The Labute approximate surface area is 164 Å². The number of anilines is 1. The van der Waals surface area contributed by atoms with E-state index in [0.29, 0.717) is 23.4 Å². The van der Waals surface area contributed by atoms with Gasteiger partial charge in [0.2, 0.25) is 5.28 Å². The highest BCUT2D eigenvalue weighted by molar-refractivity contribution is 7.18. The highest BCUT2D eigenvalue weighted by Gasteiger charge is 2.28. The lowest BCUT2D eigenvalue weighted by Gasteiger charge is -2.38. The van der Waals surface area contributed by atoms with Crippen LogP contribution < -0.4 is 4.90 Å². The summed E-state index contributed by atoms with van der Waals surface area (Å²) in [7, 11) is 0. The van der Waals surface area contributed by atoms with E-state index in [1.54, 1.807) is 11.3 Å². The summed E-state index contributed by atoms with van der Waals surface area (Å²) in [5, 5.41) is 2.59. The molecule has 26 heavy (non-hydrogen) atoms. The van der Waals surface area contributed by atoms with Gasteiger partial charge in [-0.2, -0.15) is 4.98 Å². The molecule has 0 saturated carbocycles. The molecule has 2 saturated heterocycles. The van der Waals surface area contributed by atoms with E-state index in [2.05, 4.69) is 45.9 Å². The number of halogens is 1. The van der Waals surface area contributed by atoms with Gasteiger partial charge in [0.15, 0.2) is 5.82 Å². The number of rotatable bonds is 3. The Bertz CT molecular complexity index is 772. The maximum Gasteiger partial charge on any atom is 0.224 e. The Hall–Kier alpha value is -0.950. The van der Waals surface area contributed by atoms with E-state index >= 15 is 0 Å². The zero-order valence-electron chi connectivity index (χ0n) is 15.7. The van der Waals surface area contributed by atoms with Crippen LogP contribution in [0.2, 0.25) is 5.28 Å². The van der Waals surface area contributed by atoms with E-state index in [9.17, 15) is 0 Å². The molecule has 3 atom stereocenters. The highest BCUT2D eigenvalue weighted by atomic mass is 35.5. The van der Waals surface area contributed by atoms with Crippen LogP contribution in [0.4, 0.5) is 5.82 Å². The van der Waals surface area contributed by atoms with Crippen molar-refractivity contribution in [1.29, 1.82) is 0 Å². The predicted molar refractivity (Wildman–Crippen MR) is 108 cm³/mol. The van der Waals surface area contributed by atoms with Crippen LogP contribution in [0.3, 0.4) is 0 Å². The molecule has 4 heterocycles. The monoisotopic (exact) mass is 394 g/mol.